The lowest BCUT2D eigenvalue weighted by Gasteiger charge is -2.16. The molecule has 2 N–H and O–H groups in total. The van der Waals surface area contributed by atoms with Gasteiger partial charge in [0.1, 0.15) is 4.88 Å². The van der Waals surface area contributed by atoms with Crippen molar-refractivity contribution in [3.05, 3.63) is 46.5 Å². The Kier molecular flexibility index (Phi) is 9.56. The Balaban J connectivity index is 1.45. The standard InChI is InChI=1S/C24H31N5O3S/c1-3-32-20(30)16-19(18-10-5-4-6-11-18)12-7-8-13-25-22(31)21-17(2)28-24(33-21)29-23-26-14-9-15-27-23/h4-6,10-11,14,19H,3,7-9,12-13,15-16H2,1-2H3,(H,25,31)(H,27,28,29). The van der Waals surface area contributed by atoms with Crippen LogP contribution in [0.4, 0.5) is 5.13 Å². The first kappa shape index (κ1) is 24.6. The minimum Gasteiger partial charge on any atom is -0.466 e. The van der Waals surface area contributed by atoms with Crippen LogP contribution in [0.5, 0.6) is 0 Å². The minimum absolute atomic E-state index is 0.115. The second kappa shape index (κ2) is 12.8. The summed E-state index contributed by atoms with van der Waals surface area (Å²) in [6.07, 6.45) is 5.60. The van der Waals surface area contributed by atoms with E-state index in [4.69, 9.17) is 4.74 Å². The number of benzene rings is 1. The van der Waals surface area contributed by atoms with Gasteiger partial charge < -0.3 is 15.4 Å². The van der Waals surface area contributed by atoms with Crippen molar-refractivity contribution in [3.8, 4) is 0 Å². The molecule has 1 aliphatic rings. The molecule has 2 aromatic rings. The zero-order valence-corrected chi connectivity index (χ0v) is 20.0. The maximum atomic E-state index is 12.6. The monoisotopic (exact) mass is 469 g/mol. The van der Waals surface area contributed by atoms with Crippen molar-refractivity contribution in [2.45, 2.75) is 51.9 Å². The number of aliphatic imine (C=N–C) groups is 2. The molecule has 1 aromatic carbocycles. The smallest absolute Gasteiger partial charge is 0.306 e. The average Bonchev–Trinajstić information content (AvgIpc) is 3.19. The van der Waals surface area contributed by atoms with Gasteiger partial charge in [-0.05, 0) is 38.2 Å². The molecule has 2 heterocycles. The highest BCUT2D eigenvalue weighted by atomic mass is 32.1. The molecular formula is C24H31N5O3S. The van der Waals surface area contributed by atoms with Crippen LogP contribution in [-0.2, 0) is 9.53 Å². The molecule has 1 aliphatic heterocycles. The molecule has 1 unspecified atom stereocenters. The van der Waals surface area contributed by atoms with Gasteiger partial charge in [0.15, 0.2) is 5.13 Å². The summed E-state index contributed by atoms with van der Waals surface area (Å²) in [6, 6.07) is 10.0. The van der Waals surface area contributed by atoms with Gasteiger partial charge in [0.25, 0.3) is 5.91 Å². The number of thiazole rings is 1. The number of anilines is 1. The SMILES string of the molecule is CCOC(=O)CC(CCCCNC(=O)c1sc(NC2=NCCC=N2)nc1C)c1ccccc1. The van der Waals surface area contributed by atoms with E-state index in [0.29, 0.717) is 47.8 Å². The van der Waals surface area contributed by atoms with Gasteiger partial charge in [-0.15, -0.1) is 0 Å². The maximum absolute atomic E-state index is 12.6. The predicted molar refractivity (Wildman–Crippen MR) is 133 cm³/mol. The van der Waals surface area contributed by atoms with Crippen molar-refractivity contribution in [2.75, 3.05) is 25.0 Å². The Morgan fingerprint density at radius 3 is 2.76 bits per heavy atom. The molecule has 33 heavy (non-hydrogen) atoms. The number of aryl methyl sites for hydroxylation is 1. The molecule has 8 nitrogen and oxygen atoms in total. The summed E-state index contributed by atoms with van der Waals surface area (Å²) in [5.41, 5.74) is 1.82. The molecule has 0 saturated carbocycles. The van der Waals surface area contributed by atoms with Crippen molar-refractivity contribution >= 4 is 40.5 Å². The minimum atomic E-state index is -0.172. The van der Waals surface area contributed by atoms with Gasteiger partial charge in [-0.2, -0.15) is 0 Å². The van der Waals surface area contributed by atoms with Crippen LogP contribution in [0.15, 0.2) is 40.3 Å². The molecule has 0 saturated heterocycles. The van der Waals surface area contributed by atoms with E-state index in [-0.39, 0.29) is 17.8 Å². The fourth-order valence-electron chi connectivity index (χ4n) is 3.58. The Morgan fingerprint density at radius 1 is 1.21 bits per heavy atom. The van der Waals surface area contributed by atoms with Crippen molar-refractivity contribution in [1.82, 2.24) is 10.3 Å². The van der Waals surface area contributed by atoms with Crippen LogP contribution in [0, 0.1) is 6.92 Å². The largest absolute Gasteiger partial charge is 0.466 e. The van der Waals surface area contributed by atoms with Crippen molar-refractivity contribution in [3.63, 3.8) is 0 Å². The Bertz CT molecular complexity index is 987. The average molecular weight is 470 g/mol. The number of carbonyl (C=O) groups excluding carboxylic acids is 2. The molecule has 0 fully saturated rings. The van der Waals surface area contributed by atoms with E-state index >= 15 is 0 Å². The Labute approximate surface area is 198 Å². The molecule has 176 valence electrons. The maximum Gasteiger partial charge on any atom is 0.306 e. The quantitative estimate of drug-likeness (QED) is 0.376. The molecule has 1 amide bonds. The summed E-state index contributed by atoms with van der Waals surface area (Å²) in [6.45, 7) is 5.30. The second-order valence-electron chi connectivity index (χ2n) is 7.73. The molecule has 3 rings (SSSR count). The summed E-state index contributed by atoms with van der Waals surface area (Å²) >= 11 is 1.30. The zero-order chi connectivity index (χ0) is 23.5. The number of ether oxygens (including phenoxy) is 1. The Hall–Kier alpha value is -3.07. The van der Waals surface area contributed by atoms with Crippen molar-refractivity contribution in [2.24, 2.45) is 9.98 Å². The van der Waals surface area contributed by atoms with E-state index in [9.17, 15) is 9.59 Å². The highest BCUT2D eigenvalue weighted by Gasteiger charge is 2.18. The molecule has 1 atom stereocenters. The molecular weight excluding hydrogens is 438 g/mol. The van der Waals surface area contributed by atoms with Crippen LogP contribution in [0.3, 0.4) is 0 Å². The van der Waals surface area contributed by atoms with Crippen LogP contribution >= 0.6 is 11.3 Å². The normalized spacial score (nSPS) is 13.8. The lowest BCUT2D eigenvalue weighted by atomic mass is 9.90. The summed E-state index contributed by atoms with van der Waals surface area (Å²) in [5.74, 6) is 0.342. The Morgan fingerprint density at radius 2 is 2.03 bits per heavy atom. The number of unbranched alkanes of at least 4 members (excludes halogenated alkanes) is 1. The number of guanidine groups is 1. The van der Waals surface area contributed by atoms with Crippen molar-refractivity contribution < 1.29 is 14.3 Å². The molecule has 1 aromatic heterocycles. The summed E-state index contributed by atoms with van der Waals surface area (Å²) < 4.78 is 5.14. The number of esters is 1. The molecule has 9 heteroatoms. The first-order chi connectivity index (χ1) is 16.1. The van der Waals surface area contributed by atoms with Crippen LogP contribution in [0.1, 0.15) is 65.9 Å². The van der Waals surface area contributed by atoms with E-state index in [0.717, 1.165) is 31.2 Å². The zero-order valence-electron chi connectivity index (χ0n) is 19.2. The number of amides is 1. The van der Waals surface area contributed by atoms with E-state index in [1.54, 1.807) is 0 Å². The van der Waals surface area contributed by atoms with E-state index in [2.05, 4.69) is 25.6 Å². The van der Waals surface area contributed by atoms with Crippen LogP contribution < -0.4 is 10.6 Å². The molecule has 0 bridgehead atoms. The number of nitrogens with one attached hydrogen (secondary N) is 2. The van der Waals surface area contributed by atoms with E-state index in [1.807, 2.05) is 50.4 Å². The molecule has 0 aliphatic carbocycles. The lowest BCUT2D eigenvalue weighted by molar-refractivity contribution is -0.143. The third-order valence-corrected chi connectivity index (χ3v) is 6.28. The second-order valence-corrected chi connectivity index (χ2v) is 8.73. The summed E-state index contributed by atoms with van der Waals surface area (Å²) in [5, 5.41) is 6.66. The van der Waals surface area contributed by atoms with E-state index < -0.39 is 0 Å². The topological polar surface area (TPSA) is 105 Å². The van der Waals surface area contributed by atoms with Gasteiger partial charge >= 0.3 is 5.97 Å². The van der Waals surface area contributed by atoms with Crippen molar-refractivity contribution in [1.29, 1.82) is 0 Å². The number of aromatic nitrogens is 1. The van der Waals surface area contributed by atoms with E-state index in [1.165, 1.54) is 11.3 Å². The highest BCUT2D eigenvalue weighted by Crippen LogP contribution is 2.26. The number of nitrogens with zero attached hydrogens (tertiary/aromatic N) is 3. The number of hydrogen-bond acceptors (Lipinski definition) is 8. The van der Waals surface area contributed by atoms with Gasteiger partial charge in [0, 0.05) is 25.7 Å². The molecule has 0 radical (unpaired) electrons. The van der Waals surface area contributed by atoms with Gasteiger partial charge in [-0.25, -0.2) is 9.98 Å². The fraction of sp³-hybridized carbons (Fsp3) is 0.458. The predicted octanol–water partition coefficient (Wildman–Crippen LogP) is 4.33. The third-order valence-electron chi connectivity index (χ3n) is 5.21. The first-order valence-electron chi connectivity index (χ1n) is 11.4. The fourth-order valence-corrected chi connectivity index (χ4v) is 4.46. The van der Waals surface area contributed by atoms with Crippen LogP contribution in [0.2, 0.25) is 0 Å². The number of hydrogen-bond donors (Lipinski definition) is 2. The third kappa shape index (κ3) is 7.78. The summed E-state index contributed by atoms with van der Waals surface area (Å²) in [4.78, 5) is 38.1. The van der Waals surface area contributed by atoms with Gasteiger partial charge in [0.2, 0.25) is 5.96 Å². The lowest BCUT2D eigenvalue weighted by Crippen LogP contribution is -2.24. The highest BCUT2D eigenvalue weighted by molar-refractivity contribution is 7.17. The summed E-state index contributed by atoms with van der Waals surface area (Å²) in [7, 11) is 0. The van der Waals surface area contributed by atoms with Crippen LogP contribution in [0.25, 0.3) is 0 Å². The first-order valence-corrected chi connectivity index (χ1v) is 12.2. The number of rotatable bonds is 11. The van der Waals surface area contributed by atoms with Gasteiger partial charge in [-0.3, -0.25) is 14.6 Å². The van der Waals surface area contributed by atoms with Gasteiger partial charge in [0.05, 0.1) is 18.7 Å². The number of carbonyl (C=O) groups is 2. The van der Waals surface area contributed by atoms with Crippen LogP contribution in [-0.4, -0.2) is 48.7 Å². The molecule has 0 spiro atoms. The van der Waals surface area contributed by atoms with Gasteiger partial charge in [-0.1, -0.05) is 48.1 Å².